The number of amides is 1. The summed E-state index contributed by atoms with van der Waals surface area (Å²) in [5, 5.41) is 2.91. The van der Waals surface area contributed by atoms with Crippen LogP contribution in [0.15, 0.2) is 18.5 Å². The van der Waals surface area contributed by atoms with Crippen molar-refractivity contribution in [2.45, 2.75) is 31.8 Å². The van der Waals surface area contributed by atoms with Crippen LogP contribution in [0.5, 0.6) is 0 Å². The lowest BCUT2D eigenvalue weighted by Gasteiger charge is -2.34. The van der Waals surface area contributed by atoms with Crippen LogP contribution >= 0.6 is 0 Å². The maximum absolute atomic E-state index is 11.7. The van der Waals surface area contributed by atoms with E-state index in [1.165, 1.54) is 0 Å². The first kappa shape index (κ1) is 10.1. The zero-order chi connectivity index (χ0) is 10.8. The van der Waals surface area contributed by atoms with E-state index in [4.69, 9.17) is 5.73 Å². The van der Waals surface area contributed by atoms with Gasteiger partial charge in [0.15, 0.2) is 0 Å². The molecule has 2 atom stereocenters. The number of pyridine rings is 1. The predicted octanol–water partition coefficient (Wildman–Crippen LogP) is 0.610. The Balaban J connectivity index is 2.01. The van der Waals surface area contributed by atoms with E-state index in [-0.39, 0.29) is 18.0 Å². The first-order chi connectivity index (χ1) is 7.16. The van der Waals surface area contributed by atoms with E-state index in [0.717, 1.165) is 18.4 Å². The largest absolute Gasteiger partial charge is 0.348 e. The summed E-state index contributed by atoms with van der Waals surface area (Å²) in [7, 11) is 0. The van der Waals surface area contributed by atoms with E-state index in [0.29, 0.717) is 5.56 Å². The van der Waals surface area contributed by atoms with Crippen molar-refractivity contribution >= 4 is 5.91 Å². The van der Waals surface area contributed by atoms with E-state index in [1.54, 1.807) is 12.4 Å². The summed E-state index contributed by atoms with van der Waals surface area (Å²) in [4.78, 5) is 15.7. The highest BCUT2D eigenvalue weighted by molar-refractivity contribution is 5.94. The molecule has 2 rings (SSSR count). The van der Waals surface area contributed by atoms with Crippen molar-refractivity contribution < 1.29 is 4.79 Å². The SMILES string of the molecule is Cc1cncc(C(=O)N[C@H]2CC[C@H]2N)c1. The first-order valence-corrected chi connectivity index (χ1v) is 5.15. The van der Waals surface area contributed by atoms with Gasteiger partial charge < -0.3 is 11.1 Å². The summed E-state index contributed by atoms with van der Waals surface area (Å²) < 4.78 is 0. The molecule has 3 N–H and O–H groups in total. The Morgan fingerprint density at radius 3 is 2.87 bits per heavy atom. The normalized spacial score (nSPS) is 24.4. The number of nitrogens with one attached hydrogen (secondary N) is 1. The maximum Gasteiger partial charge on any atom is 0.253 e. The van der Waals surface area contributed by atoms with Gasteiger partial charge in [-0.1, -0.05) is 0 Å². The molecule has 4 nitrogen and oxygen atoms in total. The van der Waals surface area contributed by atoms with Gasteiger partial charge in [-0.15, -0.1) is 0 Å². The topological polar surface area (TPSA) is 68.0 Å². The minimum atomic E-state index is -0.0775. The van der Waals surface area contributed by atoms with E-state index in [1.807, 2.05) is 13.0 Å². The number of rotatable bonds is 2. The molecule has 1 aliphatic carbocycles. The standard InChI is InChI=1S/C11H15N3O/c1-7-4-8(6-13-5-7)11(15)14-10-3-2-9(10)12/h4-6,9-10H,2-3,12H2,1H3,(H,14,15)/t9-,10+/m1/s1. The second-order valence-corrected chi connectivity index (χ2v) is 4.07. The first-order valence-electron chi connectivity index (χ1n) is 5.15. The van der Waals surface area contributed by atoms with Crippen molar-refractivity contribution in [3.63, 3.8) is 0 Å². The lowest BCUT2D eigenvalue weighted by molar-refractivity contribution is 0.0905. The van der Waals surface area contributed by atoms with Gasteiger partial charge in [0.05, 0.1) is 5.56 Å². The third-order valence-electron chi connectivity index (χ3n) is 2.78. The smallest absolute Gasteiger partial charge is 0.253 e. The molecule has 0 spiro atoms. The monoisotopic (exact) mass is 205 g/mol. The van der Waals surface area contributed by atoms with Crippen molar-refractivity contribution in [1.29, 1.82) is 0 Å². The fourth-order valence-electron chi connectivity index (χ4n) is 1.64. The number of hydrogen-bond acceptors (Lipinski definition) is 3. The van der Waals surface area contributed by atoms with Crippen molar-refractivity contribution in [3.8, 4) is 0 Å². The minimum absolute atomic E-state index is 0.0775. The fourth-order valence-corrected chi connectivity index (χ4v) is 1.64. The van der Waals surface area contributed by atoms with Gasteiger partial charge in [-0.05, 0) is 31.4 Å². The predicted molar refractivity (Wildman–Crippen MR) is 57.4 cm³/mol. The van der Waals surface area contributed by atoms with E-state index in [2.05, 4.69) is 10.3 Å². The summed E-state index contributed by atoms with van der Waals surface area (Å²) in [6.45, 7) is 1.92. The molecule has 0 radical (unpaired) electrons. The maximum atomic E-state index is 11.7. The van der Waals surface area contributed by atoms with Gasteiger partial charge in [-0.25, -0.2) is 0 Å². The van der Waals surface area contributed by atoms with Gasteiger partial charge in [-0.2, -0.15) is 0 Å². The number of carbonyl (C=O) groups excluding carboxylic acids is 1. The summed E-state index contributed by atoms with van der Waals surface area (Å²) in [5.41, 5.74) is 7.34. The van der Waals surface area contributed by atoms with E-state index in [9.17, 15) is 4.79 Å². The highest BCUT2D eigenvalue weighted by atomic mass is 16.1. The van der Waals surface area contributed by atoms with Crippen LogP contribution in [0, 0.1) is 6.92 Å². The summed E-state index contributed by atoms with van der Waals surface area (Å²) in [6, 6.07) is 2.08. The summed E-state index contributed by atoms with van der Waals surface area (Å²) in [6.07, 6.45) is 5.28. The molecule has 0 bridgehead atoms. The minimum Gasteiger partial charge on any atom is -0.348 e. The summed E-state index contributed by atoms with van der Waals surface area (Å²) >= 11 is 0. The van der Waals surface area contributed by atoms with Gasteiger partial charge in [0.2, 0.25) is 0 Å². The Morgan fingerprint density at radius 2 is 2.33 bits per heavy atom. The van der Waals surface area contributed by atoms with Crippen LogP contribution in [-0.4, -0.2) is 23.0 Å². The molecule has 1 aromatic rings. The number of hydrogen-bond donors (Lipinski definition) is 2. The highest BCUT2D eigenvalue weighted by Gasteiger charge is 2.28. The number of aromatic nitrogens is 1. The molecule has 15 heavy (non-hydrogen) atoms. The number of nitrogens with two attached hydrogens (primary N) is 1. The third kappa shape index (κ3) is 2.15. The van der Waals surface area contributed by atoms with Gasteiger partial charge >= 0.3 is 0 Å². The molecular formula is C11H15N3O. The van der Waals surface area contributed by atoms with Crippen molar-refractivity contribution in [3.05, 3.63) is 29.6 Å². The van der Waals surface area contributed by atoms with Crippen LogP contribution < -0.4 is 11.1 Å². The molecule has 1 fully saturated rings. The van der Waals surface area contributed by atoms with Gasteiger partial charge in [0.25, 0.3) is 5.91 Å². The van der Waals surface area contributed by atoms with Crippen LogP contribution in [0.4, 0.5) is 0 Å². The fraction of sp³-hybridized carbons (Fsp3) is 0.455. The highest BCUT2D eigenvalue weighted by Crippen LogP contribution is 2.17. The lowest BCUT2D eigenvalue weighted by atomic mass is 9.87. The molecule has 1 amide bonds. The van der Waals surface area contributed by atoms with Crippen LogP contribution in [-0.2, 0) is 0 Å². The Morgan fingerprint density at radius 1 is 1.53 bits per heavy atom. The van der Waals surface area contributed by atoms with Crippen LogP contribution in [0.25, 0.3) is 0 Å². The molecule has 0 aromatic carbocycles. The Labute approximate surface area is 88.9 Å². The summed E-state index contributed by atoms with van der Waals surface area (Å²) in [5.74, 6) is -0.0775. The average molecular weight is 205 g/mol. The van der Waals surface area contributed by atoms with Crippen molar-refractivity contribution in [1.82, 2.24) is 10.3 Å². The Kier molecular flexibility index (Phi) is 2.68. The molecule has 80 valence electrons. The molecule has 1 aliphatic rings. The van der Waals surface area contributed by atoms with Crippen molar-refractivity contribution in [2.24, 2.45) is 5.73 Å². The number of nitrogens with zero attached hydrogens (tertiary/aromatic N) is 1. The van der Waals surface area contributed by atoms with Crippen LogP contribution in [0.3, 0.4) is 0 Å². The molecular weight excluding hydrogens is 190 g/mol. The Hall–Kier alpha value is -1.42. The second kappa shape index (κ2) is 3.98. The molecule has 0 aliphatic heterocycles. The number of aryl methyl sites for hydroxylation is 1. The molecule has 0 saturated heterocycles. The van der Waals surface area contributed by atoms with Gasteiger partial charge in [-0.3, -0.25) is 9.78 Å². The van der Waals surface area contributed by atoms with Crippen LogP contribution in [0.2, 0.25) is 0 Å². The molecule has 4 heteroatoms. The molecule has 1 aromatic heterocycles. The molecule has 1 heterocycles. The van der Waals surface area contributed by atoms with Gasteiger partial charge in [0.1, 0.15) is 0 Å². The average Bonchev–Trinajstić information content (AvgIpc) is 2.23. The zero-order valence-corrected chi connectivity index (χ0v) is 8.73. The quantitative estimate of drug-likeness (QED) is 0.743. The molecule has 1 saturated carbocycles. The van der Waals surface area contributed by atoms with Gasteiger partial charge in [0, 0.05) is 24.5 Å². The molecule has 0 unspecified atom stereocenters. The van der Waals surface area contributed by atoms with E-state index >= 15 is 0 Å². The zero-order valence-electron chi connectivity index (χ0n) is 8.73. The third-order valence-corrected chi connectivity index (χ3v) is 2.78. The van der Waals surface area contributed by atoms with Crippen LogP contribution in [0.1, 0.15) is 28.8 Å². The lowest BCUT2D eigenvalue weighted by Crippen LogP contribution is -2.54. The Bertz CT molecular complexity index is 378. The van der Waals surface area contributed by atoms with E-state index < -0.39 is 0 Å². The van der Waals surface area contributed by atoms with Crippen molar-refractivity contribution in [2.75, 3.05) is 0 Å². The second-order valence-electron chi connectivity index (χ2n) is 4.07. The number of carbonyl (C=O) groups is 1.